The van der Waals surface area contributed by atoms with Crippen molar-refractivity contribution in [3.63, 3.8) is 0 Å². The van der Waals surface area contributed by atoms with E-state index in [1.165, 1.54) is 31.2 Å². The van der Waals surface area contributed by atoms with Crippen LogP contribution in [0, 0.1) is 11.3 Å². The Kier molecular flexibility index (Phi) is 4.10. The summed E-state index contributed by atoms with van der Waals surface area (Å²) in [5.74, 6) is 0.778. The monoisotopic (exact) mass is 249 g/mol. The third-order valence-electron chi connectivity index (χ3n) is 4.36. The minimum atomic E-state index is 0.386. The van der Waals surface area contributed by atoms with Gasteiger partial charge in [0.25, 0.3) is 0 Å². The number of hydrogen-bond acceptors (Lipinski definition) is 2. The molecular weight excluding hydrogens is 222 g/mol. The number of rotatable bonds is 3. The Balaban J connectivity index is 2.01. The van der Waals surface area contributed by atoms with Crippen LogP contribution >= 0.6 is 0 Å². The molecule has 1 aliphatic carbocycles. The van der Waals surface area contributed by atoms with Crippen molar-refractivity contribution in [3.8, 4) is 0 Å². The highest BCUT2D eigenvalue weighted by Crippen LogP contribution is 2.38. The molecule has 1 aromatic rings. The average Bonchev–Trinajstić information content (AvgIpc) is 2.81. The second-order valence-electron chi connectivity index (χ2n) is 6.78. The molecule has 0 saturated heterocycles. The van der Waals surface area contributed by atoms with Crippen LogP contribution < -0.4 is 5.32 Å². The Morgan fingerprint density at radius 3 is 2.67 bits per heavy atom. The number of hydrogen-bond donors (Lipinski definition) is 2. The van der Waals surface area contributed by atoms with Gasteiger partial charge in [-0.2, -0.15) is 5.10 Å². The Bertz CT molecular complexity index is 350. The third kappa shape index (κ3) is 3.14. The molecule has 0 amide bonds. The first-order chi connectivity index (χ1) is 8.48. The van der Waals surface area contributed by atoms with Gasteiger partial charge < -0.3 is 5.32 Å². The van der Waals surface area contributed by atoms with Gasteiger partial charge in [-0.1, -0.05) is 33.6 Å². The topological polar surface area (TPSA) is 40.7 Å². The fraction of sp³-hybridized carbons (Fsp3) is 0.800. The lowest BCUT2D eigenvalue weighted by atomic mass is 9.69. The van der Waals surface area contributed by atoms with Crippen LogP contribution in [0.4, 0.5) is 0 Å². The quantitative estimate of drug-likeness (QED) is 0.858. The minimum absolute atomic E-state index is 0.386. The molecular formula is C15H27N3. The molecule has 1 heterocycles. The lowest BCUT2D eigenvalue weighted by Crippen LogP contribution is -2.45. The number of aromatic amines is 1. The van der Waals surface area contributed by atoms with Gasteiger partial charge >= 0.3 is 0 Å². The van der Waals surface area contributed by atoms with Gasteiger partial charge in [0, 0.05) is 23.8 Å². The van der Waals surface area contributed by atoms with Crippen LogP contribution in [0.2, 0.25) is 0 Å². The van der Waals surface area contributed by atoms with E-state index in [9.17, 15) is 0 Å². The molecule has 1 saturated carbocycles. The van der Waals surface area contributed by atoms with Crippen LogP contribution in [0.15, 0.2) is 12.4 Å². The first kappa shape index (κ1) is 13.6. The van der Waals surface area contributed by atoms with E-state index in [0.717, 1.165) is 5.92 Å². The molecule has 102 valence electrons. The molecule has 3 heteroatoms. The van der Waals surface area contributed by atoms with Gasteiger partial charge in [0.15, 0.2) is 0 Å². The molecule has 0 aromatic carbocycles. The number of H-pyrrole nitrogens is 1. The lowest BCUT2D eigenvalue weighted by Gasteiger charge is -2.42. The molecule has 1 aliphatic rings. The summed E-state index contributed by atoms with van der Waals surface area (Å²) in [7, 11) is 0. The molecule has 18 heavy (non-hydrogen) atoms. The van der Waals surface area contributed by atoms with Gasteiger partial charge in [0.05, 0.1) is 6.20 Å². The molecule has 2 rings (SSSR count). The van der Waals surface area contributed by atoms with Crippen molar-refractivity contribution in [2.45, 2.75) is 65.5 Å². The van der Waals surface area contributed by atoms with E-state index in [-0.39, 0.29) is 0 Å². The summed E-state index contributed by atoms with van der Waals surface area (Å²) >= 11 is 0. The first-order valence-electron chi connectivity index (χ1n) is 7.23. The van der Waals surface area contributed by atoms with Gasteiger partial charge in [-0.3, -0.25) is 5.10 Å². The number of nitrogens with zero attached hydrogens (tertiary/aromatic N) is 1. The summed E-state index contributed by atoms with van der Waals surface area (Å²) in [5.41, 5.74) is 1.65. The van der Waals surface area contributed by atoms with Crippen LogP contribution in [0.3, 0.4) is 0 Å². The molecule has 0 radical (unpaired) electrons. The highest BCUT2D eigenvalue weighted by Gasteiger charge is 2.34. The van der Waals surface area contributed by atoms with Crippen LogP contribution in [-0.4, -0.2) is 16.2 Å². The summed E-state index contributed by atoms with van der Waals surface area (Å²) in [6.07, 6.45) is 9.34. The van der Waals surface area contributed by atoms with Crippen LogP contribution in [0.1, 0.15) is 65.0 Å². The molecule has 0 spiro atoms. The Hall–Kier alpha value is -0.830. The van der Waals surface area contributed by atoms with E-state index in [0.29, 0.717) is 17.5 Å². The third-order valence-corrected chi connectivity index (χ3v) is 4.36. The number of nitrogens with one attached hydrogen (secondary N) is 2. The van der Waals surface area contributed by atoms with Crippen molar-refractivity contribution in [1.29, 1.82) is 0 Å². The van der Waals surface area contributed by atoms with Gasteiger partial charge in [-0.15, -0.1) is 0 Å². The maximum Gasteiger partial charge on any atom is 0.0534 e. The number of aromatic nitrogens is 2. The van der Waals surface area contributed by atoms with Crippen molar-refractivity contribution in [3.05, 3.63) is 18.0 Å². The van der Waals surface area contributed by atoms with Crippen molar-refractivity contribution in [1.82, 2.24) is 15.5 Å². The lowest BCUT2D eigenvalue weighted by molar-refractivity contribution is 0.124. The van der Waals surface area contributed by atoms with Crippen molar-refractivity contribution in [2.24, 2.45) is 11.3 Å². The van der Waals surface area contributed by atoms with Crippen LogP contribution in [-0.2, 0) is 0 Å². The second-order valence-corrected chi connectivity index (χ2v) is 6.78. The zero-order valence-corrected chi connectivity index (χ0v) is 12.2. The molecule has 3 nitrogen and oxygen atoms in total. The standard InChI is InChI=1S/C15H27N3/c1-11(12-9-16-17-10-12)18-14-8-6-5-7-13(14)15(2,3)4/h9-11,13-14,18H,5-8H2,1-4H3,(H,16,17). The van der Waals surface area contributed by atoms with Crippen LogP contribution in [0.25, 0.3) is 0 Å². The van der Waals surface area contributed by atoms with E-state index in [4.69, 9.17) is 0 Å². The molecule has 3 unspecified atom stereocenters. The second kappa shape index (κ2) is 5.43. The highest BCUT2D eigenvalue weighted by molar-refractivity contribution is 5.08. The minimum Gasteiger partial charge on any atom is -0.307 e. The molecule has 1 fully saturated rings. The summed E-state index contributed by atoms with van der Waals surface area (Å²) < 4.78 is 0. The first-order valence-corrected chi connectivity index (χ1v) is 7.23. The van der Waals surface area contributed by atoms with E-state index in [1.54, 1.807) is 0 Å². The molecule has 0 bridgehead atoms. The van der Waals surface area contributed by atoms with Gasteiger partial charge in [0.1, 0.15) is 0 Å². The van der Waals surface area contributed by atoms with Gasteiger partial charge in [-0.05, 0) is 31.1 Å². The van der Waals surface area contributed by atoms with Gasteiger partial charge in [0.2, 0.25) is 0 Å². The Morgan fingerprint density at radius 2 is 2.06 bits per heavy atom. The van der Waals surface area contributed by atoms with Gasteiger partial charge in [-0.25, -0.2) is 0 Å². The van der Waals surface area contributed by atoms with E-state index in [2.05, 4.69) is 43.2 Å². The predicted molar refractivity (Wildman–Crippen MR) is 75.3 cm³/mol. The maximum atomic E-state index is 4.04. The average molecular weight is 249 g/mol. The van der Waals surface area contributed by atoms with E-state index in [1.807, 2.05) is 12.4 Å². The largest absolute Gasteiger partial charge is 0.307 e. The van der Waals surface area contributed by atoms with Crippen molar-refractivity contribution >= 4 is 0 Å². The smallest absolute Gasteiger partial charge is 0.0534 e. The zero-order valence-electron chi connectivity index (χ0n) is 12.2. The van der Waals surface area contributed by atoms with E-state index >= 15 is 0 Å². The van der Waals surface area contributed by atoms with Crippen LogP contribution in [0.5, 0.6) is 0 Å². The molecule has 0 aliphatic heterocycles. The summed E-state index contributed by atoms with van der Waals surface area (Å²) in [5, 5.41) is 10.8. The Labute approximate surface area is 111 Å². The fourth-order valence-electron chi connectivity index (χ4n) is 3.28. The maximum absolute atomic E-state index is 4.04. The highest BCUT2D eigenvalue weighted by atomic mass is 15.1. The van der Waals surface area contributed by atoms with Crippen molar-refractivity contribution in [2.75, 3.05) is 0 Å². The molecule has 3 atom stereocenters. The fourth-order valence-corrected chi connectivity index (χ4v) is 3.28. The van der Waals surface area contributed by atoms with E-state index < -0.39 is 0 Å². The van der Waals surface area contributed by atoms with Crippen molar-refractivity contribution < 1.29 is 0 Å². The molecule has 1 aromatic heterocycles. The summed E-state index contributed by atoms with van der Waals surface area (Å²) in [6.45, 7) is 9.36. The summed E-state index contributed by atoms with van der Waals surface area (Å²) in [6, 6.07) is 1.03. The normalized spacial score (nSPS) is 27.1. The Morgan fingerprint density at radius 1 is 1.33 bits per heavy atom. The molecule has 2 N–H and O–H groups in total. The predicted octanol–water partition coefficient (Wildman–Crippen LogP) is 3.67. The SMILES string of the molecule is CC(NC1CCCCC1C(C)(C)C)c1cn[nH]c1. The summed E-state index contributed by atoms with van der Waals surface area (Å²) in [4.78, 5) is 0. The zero-order chi connectivity index (χ0) is 13.2.